The van der Waals surface area contributed by atoms with E-state index in [1.54, 1.807) is 42.5 Å². The predicted octanol–water partition coefficient (Wildman–Crippen LogP) is 2.17. The molecular formula is C18H16N2O3. The minimum absolute atomic E-state index is 0.0747. The number of carbonyl (C=O) groups is 3. The molecule has 5 heteroatoms. The Kier molecular flexibility index (Phi) is 3.93. The highest BCUT2D eigenvalue weighted by Gasteiger charge is 2.44. The molecule has 0 bridgehead atoms. The fraction of sp³-hybridized carbons (Fsp3) is 0.167. The second-order valence-corrected chi connectivity index (χ2v) is 5.52. The van der Waals surface area contributed by atoms with Crippen LogP contribution in [0, 0.1) is 12.8 Å². The zero-order valence-corrected chi connectivity index (χ0v) is 12.7. The van der Waals surface area contributed by atoms with Gasteiger partial charge in [0, 0.05) is 11.4 Å². The number of hydrogen-bond donors (Lipinski definition) is 1. The molecule has 0 unspecified atom stereocenters. The van der Waals surface area contributed by atoms with Gasteiger partial charge in [0.05, 0.1) is 6.54 Å². The van der Waals surface area contributed by atoms with Gasteiger partial charge in [-0.25, -0.2) is 0 Å². The van der Waals surface area contributed by atoms with E-state index in [0.29, 0.717) is 11.4 Å². The van der Waals surface area contributed by atoms with Crippen LogP contribution in [-0.2, 0) is 14.4 Å². The van der Waals surface area contributed by atoms with E-state index in [1.807, 2.05) is 19.1 Å². The Bertz CT molecular complexity index is 771. The van der Waals surface area contributed by atoms with Gasteiger partial charge in [-0.3, -0.25) is 14.4 Å². The number of carbonyl (C=O) groups excluding carboxylic acids is 3. The molecule has 3 rings (SSSR count). The molecule has 1 N–H and O–H groups in total. The van der Waals surface area contributed by atoms with Crippen molar-refractivity contribution in [2.75, 3.05) is 16.8 Å². The standard InChI is InChI=1S/C18H16N2O3/c1-12-6-5-7-13(10-12)19-17(22)16-15(21)11-20(18(16)23)14-8-3-2-4-9-14/h2-10,16H,11H2,1H3,(H,19,22)/t16-/m0/s1. The van der Waals surface area contributed by atoms with E-state index in [2.05, 4.69) is 5.32 Å². The zero-order valence-electron chi connectivity index (χ0n) is 12.7. The summed E-state index contributed by atoms with van der Waals surface area (Å²) in [4.78, 5) is 38.3. The third-order valence-corrected chi connectivity index (χ3v) is 3.76. The Morgan fingerprint density at radius 2 is 1.83 bits per heavy atom. The van der Waals surface area contributed by atoms with Crippen molar-refractivity contribution in [1.29, 1.82) is 0 Å². The SMILES string of the molecule is Cc1cccc(NC(=O)[C@@H]2C(=O)CN(c3ccccc3)C2=O)c1. The molecule has 0 aliphatic carbocycles. The van der Waals surface area contributed by atoms with Crippen LogP contribution in [0.4, 0.5) is 11.4 Å². The molecular weight excluding hydrogens is 292 g/mol. The summed E-state index contributed by atoms with van der Waals surface area (Å²) in [7, 11) is 0. The van der Waals surface area contributed by atoms with E-state index in [1.165, 1.54) is 4.90 Å². The molecule has 2 aromatic rings. The lowest BCUT2D eigenvalue weighted by molar-refractivity contribution is -0.134. The molecule has 0 aromatic heterocycles. The summed E-state index contributed by atoms with van der Waals surface area (Å²) < 4.78 is 0. The quantitative estimate of drug-likeness (QED) is 0.884. The van der Waals surface area contributed by atoms with Crippen molar-refractivity contribution in [3.63, 3.8) is 0 Å². The monoisotopic (exact) mass is 308 g/mol. The first-order valence-electron chi connectivity index (χ1n) is 7.33. The number of Topliss-reactive ketones (excluding diaryl/α,β-unsaturated/α-hetero) is 1. The maximum absolute atomic E-state index is 12.5. The first-order chi connectivity index (χ1) is 11.1. The van der Waals surface area contributed by atoms with E-state index < -0.39 is 17.7 Å². The number of benzene rings is 2. The molecule has 1 aliphatic rings. The fourth-order valence-electron chi connectivity index (χ4n) is 2.64. The van der Waals surface area contributed by atoms with Crippen LogP contribution in [0.1, 0.15) is 5.56 Å². The van der Waals surface area contributed by atoms with Crippen molar-refractivity contribution in [3.05, 3.63) is 60.2 Å². The second-order valence-electron chi connectivity index (χ2n) is 5.52. The topological polar surface area (TPSA) is 66.5 Å². The molecule has 1 heterocycles. The molecule has 1 atom stereocenters. The van der Waals surface area contributed by atoms with Crippen LogP contribution in [-0.4, -0.2) is 24.1 Å². The third-order valence-electron chi connectivity index (χ3n) is 3.76. The van der Waals surface area contributed by atoms with Gasteiger partial charge in [-0.2, -0.15) is 0 Å². The molecule has 1 fully saturated rings. The summed E-state index contributed by atoms with van der Waals surface area (Å²) in [6.45, 7) is 1.83. The van der Waals surface area contributed by atoms with E-state index in [4.69, 9.17) is 0 Å². The molecule has 0 spiro atoms. The Morgan fingerprint density at radius 3 is 2.52 bits per heavy atom. The maximum atomic E-state index is 12.5. The van der Waals surface area contributed by atoms with E-state index in [9.17, 15) is 14.4 Å². The molecule has 0 saturated carbocycles. The van der Waals surface area contributed by atoms with E-state index in [0.717, 1.165) is 5.56 Å². The average Bonchev–Trinajstić information content (AvgIpc) is 2.83. The van der Waals surface area contributed by atoms with Crippen LogP contribution < -0.4 is 10.2 Å². The van der Waals surface area contributed by atoms with Gasteiger partial charge in [0.15, 0.2) is 11.7 Å². The molecule has 0 radical (unpaired) electrons. The van der Waals surface area contributed by atoms with Gasteiger partial charge in [0.2, 0.25) is 11.8 Å². The van der Waals surface area contributed by atoms with Gasteiger partial charge < -0.3 is 10.2 Å². The van der Waals surface area contributed by atoms with Crippen molar-refractivity contribution in [2.24, 2.45) is 5.92 Å². The van der Waals surface area contributed by atoms with Crippen LogP contribution in [0.25, 0.3) is 0 Å². The largest absolute Gasteiger partial charge is 0.325 e. The van der Waals surface area contributed by atoms with Gasteiger partial charge in [0.25, 0.3) is 0 Å². The summed E-state index contributed by atoms with van der Waals surface area (Å²) in [6.07, 6.45) is 0. The summed E-state index contributed by atoms with van der Waals surface area (Å²) in [5, 5.41) is 2.65. The van der Waals surface area contributed by atoms with Gasteiger partial charge in [-0.15, -0.1) is 0 Å². The van der Waals surface area contributed by atoms with Crippen molar-refractivity contribution in [1.82, 2.24) is 0 Å². The van der Waals surface area contributed by atoms with Crippen LogP contribution in [0.15, 0.2) is 54.6 Å². The molecule has 23 heavy (non-hydrogen) atoms. The first-order valence-corrected chi connectivity index (χ1v) is 7.33. The van der Waals surface area contributed by atoms with Crippen LogP contribution in [0.5, 0.6) is 0 Å². The number of nitrogens with zero attached hydrogens (tertiary/aromatic N) is 1. The highest BCUT2D eigenvalue weighted by Crippen LogP contribution is 2.24. The van der Waals surface area contributed by atoms with Crippen molar-refractivity contribution < 1.29 is 14.4 Å². The Morgan fingerprint density at radius 1 is 1.09 bits per heavy atom. The molecule has 1 saturated heterocycles. The summed E-state index contributed by atoms with van der Waals surface area (Å²) in [5.74, 6) is -2.73. The van der Waals surface area contributed by atoms with Gasteiger partial charge in [0.1, 0.15) is 0 Å². The molecule has 2 aromatic carbocycles. The van der Waals surface area contributed by atoms with Crippen LogP contribution in [0.2, 0.25) is 0 Å². The van der Waals surface area contributed by atoms with Gasteiger partial charge in [-0.1, -0.05) is 30.3 Å². The molecule has 1 aliphatic heterocycles. The Labute approximate surface area is 133 Å². The Balaban J connectivity index is 1.79. The molecule has 2 amide bonds. The predicted molar refractivity (Wildman–Crippen MR) is 87.1 cm³/mol. The number of amides is 2. The van der Waals surface area contributed by atoms with Crippen LogP contribution >= 0.6 is 0 Å². The fourth-order valence-corrected chi connectivity index (χ4v) is 2.64. The molecule has 116 valence electrons. The number of anilines is 2. The lowest BCUT2D eigenvalue weighted by Gasteiger charge is -2.15. The number of nitrogens with one attached hydrogen (secondary N) is 1. The minimum Gasteiger partial charge on any atom is -0.325 e. The van der Waals surface area contributed by atoms with E-state index in [-0.39, 0.29) is 12.3 Å². The Hall–Kier alpha value is -2.95. The number of para-hydroxylation sites is 1. The summed E-state index contributed by atoms with van der Waals surface area (Å²) >= 11 is 0. The smallest absolute Gasteiger partial charge is 0.247 e. The van der Waals surface area contributed by atoms with Crippen LogP contribution in [0.3, 0.4) is 0 Å². The molecule has 5 nitrogen and oxygen atoms in total. The number of rotatable bonds is 3. The van der Waals surface area contributed by atoms with Gasteiger partial charge in [-0.05, 0) is 36.8 Å². The zero-order chi connectivity index (χ0) is 16.4. The number of aryl methyl sites for hydroxylation is 1. The lowest BCUT2D eigenvalue weighted by Crippen LogP contribution is -2.34. The van der Waals surface area contributed by atoms with Gasteiger partial charge >= 0.3 is 0 Å². The van der Waals surface area contributed by atoms with Crippen molar-refractivity contribution >= 4 is 29.0 Å². The lowest BCUT2D eigenvalue weighted by atomic mass is 10.1. The number of hydrogen-bond acceptors (Lipinski definition) is 3. The summed E-state index contributed by atoms with van der Waals surface area (Å²) in [6, 6.07) is 16.1. The third kappa shape index (κ3) is 2.99. The number of ketones is 1. The average molecular weight is 308 g/mol. The van der Waals surface area contributed by atoms with E-state index >= 15 is 0 Å². The first kappa shape index (κ1) is 15.0. The second kappa shape index (κ2) is 6.04. The van der Waals surface area contributed by atoms with Crippen molar-refractivity contribution in [3.8, 4) is 0 Å². The van der Waals surface area contributed by atoms with Crippen molar-refractivity contribution in [2.45, 2.75) is 6.92 Å². The maximum Gasteiger partial charge on any atom is 0.247 e. The normalized spacial score (nSPS) is 17.4. The minimum atomic E-state index is -1.28. The summed E-state index contributed by atoms with van der Waals surface area (Å²) in [5.41, 5.74) is 2.18. The highest BCUT2D eigenvalue weighted by molar-refractivity contribution is 6.30. The highest BCUT2D eigenvalue weighted by atomic mass is 16.2.